The van der Waals surface area contributed by atoms with Gasteiger partial charge in [-0.3, -0.25) is 9.59 Å². The van der Waals surface area contributed by atoms with E-state index in [1.165, 1.54) is 7.11 Å². The van der Waals surface area contributed by atoms with E-state index in [-0.39, 0.29) is 24.9 Å². The van der Waals surface area contributed by atoms with Crippen molar-refractivity contribution in [1.82, 2.24) is 0 Å². The van der Waals surface area contributed by atoms with Crippen LogP contribution in [0.1, 0.15) is 0 Å². The summed E-state index contributed by atoms with van der Waals surface area (Å²) in [7, 11) is 4.86. The summed E-state index contributed by atoms with van der Waals surface area (Å²) >= 11 is 5.96. The van der Waals surface area contributed by atoms with Gasteiger partial charge in [0.2, 0.25) is 0 Å². The van der Waals surface area contributed by atoms with Crippen LogP contribution in [0.15, 0.2) is 42.5 Å². The van der Waals surface area contributed by atoms with Crippen LogP contribution in [0.5, 0.6) is 11.5 Å². The minimum Gasteiger partial charge on any atom is -0.497 e. The van der Waals surface area contributed by atoms with E-state index in [9.17, 15) is 9.59 Å². The van der Waals surface area contributed by atoms with E-state index in [1.54, 1.807) is 56.6 Å². The van der Waals surface area contributed by atoms with Crippen molar-refractivity contribution in [2.24, 2.45) is 0 Å². The molecule has 0 saturated heterocycles. The maximum absolute atomic E-state index is 12.2. The molecule has 0 aliphatic carbocycles. The lowest BCUT2D eigenvalue weighted by Crippen LogP contribution is -3.11. The van der Waals surface area contributed by atoms with Crippen molar-refractivity contribution < 1.29 is 24.0 Å². The number of halogens is 1. The van der Waals surface area contributed by atoms with Crippen molar-refractivity contribution in [3.63, 3.8) is 0 Å². The van der Waals surface area contributed by atoms with Crippen LogP contribution in [0.25, 0.3) is 0 Å². The Morgan fingerprint density at radius 3 is 2.19 bits per heavy atom. The van der Waals surface area contributed by atoms with Gasteiger partial charge in [0, 0.05) is 10.7 Å². The second-order valence-electron chi connectivity index (χ2n) is 5.98. The maximum Gasteiger partial charge on any atom is 0.279 e. The molecule has 1 unspecified atom stereocenters. The number of nitrogens with one attached hydrogen (secondary N) is 3. The smallest absolute Gasteiger partial charge is 0.279 e. The zero-order valence-corrected chi connectivity index (χ0v) is 16.2. The summed E-state index contributed by atoms with van der Waals surface area (Å²) < 4.78 is 10.3. The first-order valence-corrected chi connectivity index (χ1v) is 8.67. The van der Waals surface area contributed by atoms with E-state index in [4.69, 9.17) is 21.1 Å². The molecule has 0 aliphatic rings. The zero-order chi connectivity index (χ0) is 19.8. The normalized spacial score (nSPS) is 11.4. The van der Waals surface area contributed by atoms with Crippen LogP contribution in [0.2, 0.25) is 5.02 Å². The predicted molar refractivity (Wildman–Crippen MR) is 105 cm³/mol. The summed E-state index contributed by atoms with van der Waals surface area (Å²) in [6.07, 6.45) is 0. The molecule has 144 valence electrons. The Kier molecular flexibility index (Phi) is 7.45. The first-order chi connectivity index (χ1) is 12.9. The second kappa shape index (κ2) is 9.80. The summed E-state index contributed by atoms with van der Waals surface area (Å²) in [5.74, 6) is 0.794. The third kappa shape index (κ3) is 6.47. The van der Waals surface area contributed by atoms with Gasteiger partial charge in [-0.25, -0.2) is 0 Å². The summed E-state index contributed by atoms with van der Waals surface area (Å²) in [5.41, 5.74) is 1.16. The Hall–Kier alpha value is -2.77. The lowest BCUT2D eigenvalue weighted by Gasteiger charge is -2.15. The number of hydrogen-bond acceptors (Lipinski definition) is 4. The fraction of sp³-hybridized carbons (Fsp3) is 0.263. The van der Waals surface area contributed by atoms with Crippen molar-refractivity contribution in [1.29, 1.82) is 0 Å². The number of likely N-dealkylation sites (N-methyl/N-ethyl adjacent to an activating group) is 1. The molecule has 0 aromatic heterocycles. The van der Waals surface area contributed by atoms with Crippen molar-refractivity contribution in [2.75, 3.05) is 45.0 Å². The molecule has 2 rings (SSSR count). The number of rotatable bonds is 8. The molecular formula is C19H23ClN3O4+. The molecule has 3 N–H and O–H groups in total. The molecule has 0 spiro atoms. The number of benzene rings is 2. The van der Waals surface area contributed by atoms with Gasteiger partial charge in [0.15, 0.2) is 13.1 Å². The number of anilines is 2. The number of carbonyl (C=O) groups excluding carboxylic acids is 2. The molecule has 0 heterocycles. The molecule has 0 fully saturated rings. The molecule has 1 atom stereocenters. The molecule has 0 bridgehead atoms. The third-order valence-corrected chi connectivity index (χ3v) is 3.97. The van der Waals surface area contributed by atoms with Gasteiger partial charge in [-0.2, -0.15) is 0 Å². The van der Waals surface area contributed by atoms with Gasteiger partial charge in [-0.1, -0.05) is 11.6 Å². The molecule has 8 heteroatoms. The molecule has 0 saturated carbocycles. The molecule has 2 amide bonds. The van der Waals surface area contributed by atoms with Gasteiger partial charge in [-0.15, -0.1) is 0 Å². The average molecular weight is 393 g/mol. The van der Waals surface area contributed by atoms with E-state index >= 15 is 0 Å². The van der Waals surface area contributed by atoms with Gasteiger partial charge < -0.3 is 25.0 Å². The first kappa shape index (κ1) is 20.5. The molecular weight excluding hydrogens is 370 g/mol. The minimum atomic E-state index is -0.245. The van der Waals surface area contributed by atoms with E-state index in [1.807, 2.05) is 0 Å². The average Bonchev–Trinajstić information content (AvgIpc) is 2.62. The number of methoxy groups -OCH3 is 2. The van der Waals surface area contributed by atoms with Crippen molar-refractivity contribution in [2.45, 2.75) is 0 Å². The van der Waals surface area contributed by atoms with Crippen molar-refractivity contribution in [3.05, 3.63) is 47.5 Å². The van der Waals surface area contributed by atoms with Gasteiger partial charge >= 0.3 is 0 Å². The van der Waals surface area contributed by atoms with Crippen molar-refractivity contribution in [3.8, 4) is 11.5 Å². The minimum absolute atomic E-state index is 0.117. The Morgan fingerprint density at radius 1 is 0.963 bits per heavy atom. The van der Waals surface area contributed by atoms with Crippen LogP contribution in [0.4, 0.5) is 11.4 Å². The summed E-state index contributed by atoms with van der Waals surface area (Å²) in [4.78, 5) is 25.1. The lowest BCUT2D eigenvalue weighted by atomic mass is 10.3. The van der Waals surface area contributed by atoms with E-state index in [0.29, 0.717) is 27.9 Å². The molecule has 0 aliphatic heterocycles. The summed E-state index contributed by atoms with van der Waals surface area (Å²) in [6.45, 7) is 0.262. The Bertz CT molecular complexity index is 796. The number of hydrogen-bond donors (Lipinski definition) is 3. The van der Waals surface area contributed by atoms with Crippen LogP contribution in [-0.2, 0) is 9.59 Å². The molecule has 2 aromatic carbocycles. The summed E-state index contributed by atoms with van der Waals surface area (Å²) in [6, 6.07) is 12.0. The van der Waals surface area contributed by atoms with Crippen LogP contribution in [-0.4, -0.2) is 46.2 Å². The molecule has 0 radical (unpaired) electrons. The standard InChI is InChI=1S/C19H22ClN3O4/c1-23(11-18(24)21-14-5-7-15(26-2)8-6-14)12-19(25)22-16-10-13(20)4-9-17(16)27-3/h4-10H,11-12H2,1-3H3,(H,21,24)(H,22,25)/p+1. The lowest BCUT2D eigenvalue weighted by molar-refractivity contribution is -0.862. The highest BCUT2D eigenvalue weighted by atomic mass is 35.5. The third-order valence-electron chi connectivity index (χ3n) is 3.73. The Labute approximate surface area is 163 Å². The summed E-state index contributed by atoms with van der Waals surface area (Å²) in [5, 5.41) is 6.03. The van der Waals surface area contributed by atoms with Gasteiger partial charge in [0.25, 0.3) is 11.8 Å². The van der Waals surface area contributed by atoms with Crippen molar-refractivity contribution >= 4 is 34.8 Å². The second-order valence-corrected chi connectivity index (χ2v) is 6.42. The van der Waals surface area contributed by atoms with Crippen LogP contribution >= 0.6 is 11.6 Å². The highest BCUT2D eigenvalue weighted by Gasteiger charge is 2.16. The highest BCUT2D eigenvalue weighted by molar-refractivity contribution is 6.31. The fourth-order valence-corrected chi connectivity index (χ4v) is 2.63. The molecule has 7 nitrogen and oxygen atoms in total. The van der Waals surface area contributed by atoms with Gasteiger partial charge in [-0.05, 0) is 42.5 Å². The van der Waals surface area contributed by atoms with E-state index in [2.05, 4.69) is 10.6 Å². The zero-order valence-electron chi connectivity index (χ0n) is 15.5. The highest BCUT2D eigenvalue weighted by Crippen LogP contribution is 2.27. The molecule has 2 aromatic rings. The number of ether oxygens (including phenoxy) is 2. The quantitative estimate of drug-likeness (QED) is 0.635. The predicted octanol–water partition coefficient (Wildman–Crippen LogP) is 1.45. The number of quaternary nitrogens is 1. The van der Waals surface area contributed by atoms with Crippen LogP contribution in [0, 0.1) is 0 Å². The largest absolute Gasteiger partial charge is 0.497 e. The first-order valence-electron chi connectivity index (χ1n) is 8.30. The van der Waals surface area contributed by atoms with Gasteiger partial charge in [0.05, 0.1) is 27.0 Å². The molecule has 27 heavy (non-hydrogen) atoms. The van der Waals surface area contributed by atoms with Crippen LogP contribution in [0.3, 0.4) is 0 Å². The Balaban J connectivity index is 1.85. The fourth-order valence-electron chi connectivity index (χ4n) is 2.46. The number of carbonyl (C=O) groups is 2. The number of amides is 2. The van der Waals surface area contributed by atoms with E-state index < -0.39 is 0 Å². The monoisotopic (exact) mass is 392 g/mol. The van der Waals surface area contributed by atoms with Gasteiger partial charge in [0.1, 0.15) is 11.5 Å². The topological polar surface area (TPSA) is 81.1 Å². The van der Waals surface area contributed by atoms with Crippen LogP contribution < -0.4 is 25.0 Å². The maximum atomic E-state index is 12.2. The van der Waals surface area contributed by atoms with E-state index in [0.717, 1.165) is 4.90 Å². The Morgan fingerprint density at radius 2 is 1.59 bits per heavy atom. The SMILES string of the molecule is COc1ccc(NC(=O)C[NH+](C)CC(=O)Nc2cc(Cl)ccc2OC)cc1.